The van der Waals surface area contributed by atoms with Gasteiger partial charge >= 0.3 is 12.2 Å². The quantitative estimate of drug-likeness (QED) is 0.114. The molecule has 310 valence electrons. The van der Waals surface area contributed by atoms with Gasteiger partial charge in [-0.25, -0.2) is 19.6 Å². The molecule has 5 aromatic rings. The first kappa shape index (κ1) is 39.8. The van der Waals surface area contributed by atoms with E-state index in [1.54, 1.807) is 6.92 Å². The average Bonchev–Trinajstić information content (AvgIpc) is 4.11. The summed E-state index contributed by atoms with van der Waals surface area (Å²) < 4.78 is 15.1. The van der Waals surface area contributed by atoms with Crippen LogP contribution in [0, 0.1) is 11.8 Å². The van der Waals surface area contributed by atoms with E-state index in [9.17, 15) is 19.2 Å². The highest BCUT2D eigenvalue weighted by Gasteiger charge is 2.52. The molecule has 2 bridgehead atoms. The Hall–Kier alpha value is -5.96. The number of nitrogens with one attached hydrogen (secondary N) is 4. The van der Waals surface area contributed by atoms with Gasteiger partial charge in [-0.3, -0.25) is 9.59 Å². The number of carbonyl (C=O) groups excluding carboxylic acids is 4. The number of aromatic amines is 2. The first-order valence-corrected chi connectivity index (χ1v) is 20.4. The van der Waals surface area contributed by atoms with Gasteiger partial charge in [-0.05, 0) is 85.1 Å². The standard InChI is InChI=1S/C44H52N8O7/c1-23(2)35(49-43(55)58-5)41(53)51-19-7-8-34(51)39-46-32-18-15-28-20-27(14-17-31(28)37(32)48-39)25-9-11-26(12-10-25)33-22-45-40(47-33)38-29-13-16-30(21-29)52(38)42(54)36(24(3)57-4)50-44(56)59-6/h9-12,14-15,17-18,20,22-24,29-30,34-36,38H,7-8,13,16,19,21H2,1-6H3,(H,45,47)(H,46,48)(H,49,55)(H,50,56)/t24-,29+,30-,34+,35+,36?,38+/m1/s1. The highest BCUT2D eigenvalue weighted by Crippen LogP contribution is 2.50. The summed E-state index contributed by atoms with van der Waals surface area (Å²) in [5, 5.41) is 7.45. The minimum atomic E-state index is -0.892. The summed E-state index contributed by atoms with van der Waals surface area (Å²) in [4.78, 5) is 72.5. The normalized spacial score (nSPS) is 21.5. The monoisotopic (exact) mass is 804 g/mol. The lowest BCUT2D eigenvalue weighted by molar-refractivity contribution is -0.141. The number of amides is 4. The molecule has 4 amide bonds. The zero-order valence-electron chi connectivity index (χ0n) is 34.3. The molecule has 8 rings (SSSR count). The molecule has 1 aliphatic carbocycles. The smallest absolute Gasteiger partial charge is 0.407 e. The Morgan fingerprint density at radius 1 is 0.797 bits per heavy atom. The lowest BCUT2D eigenvalue weighted by Crippen LogP contribution is -2.56. The number of alkyl carbamates (subject to hydrolysis) is 2. The van der Waals surface area contributed by atoms with Gasteiger partial charge in [0.2, 0.25) is 11.8 Å². The Morgan fingerprint density at radius 2 is 1.51 bits per heavy atom. The summed E-state index contributed by atoms with van der Waals surface area (Å²) in [6.07, 6.45) is 4.39. The molecule has 15 nitrogen and oxygen atoms in total. The molecule has 3 aromatic carbocycles. The molecule has 4 heterocycles. The molecule has 15 heteroatoms. The maximum Gasteiger partial charge on any atom is 0.407 e. The van der Waals surface area contributed by atoms with Crippen molar-refractivity contribution in [1.82, 2.24) is 40.4 Å². The molecular formula is C44H52N8O7. The largest absolute Gasteiger partial charge is 0.453 e. The number of carbonyl (C=O) groups is 4. The first-order chi connectivity index (χ1) is 28.5. The SMILES string of the molecule is COC(=O)NC(C(=O)N1[C@@H]2CC[C@@H](C2)[C@H]1c1ncc(-c2ccc(-c3ccc4c(ccc5[nH]c([C@@H]6CCCN6C(=O)[C@@H](NC(=O)OC)C(C)C)nc54)c3)cc2)[nH]1)[C@@H](C)OC. The second-order valence-electron chi connectivity index (χ2n) is 16.3. The molecule has 0 spiro atoms. The van der Waals surface area contributed by atoms with Crippen LogP contribution in [0.3, 0.4) is 0 Å². The number of fused-ring (bicyclic) bond motifs is 5. The third kappa shape index (κ3) is 7.47. The zero-order valence-corrected chi connectivity index (χ0v) is 34.3. The molecule has 3 fully saturated rings. The zero-order chi connectivity index (χ0) is 41.5. The Kier molecular flexibility index (Phi) is 11.0. The first-order valence-electron chi connectivity index (χ1n) is 20.4. The van der Waals surface area contributed by atoms with Crippen LogP contribution in [0.25, 0.3) is 44.2 Å². The van der Waals surface area contributed by atoms with Crippen molar-refractivity contribution in [3.63, 3.8) is 0 Å². The number of piperidine rings is 1. The molecule has 4 N–H and O–H groups in total. The Bertz CT molecular complexity index is 2370. The van der Waals surface area contributed by atoms with E-state index in [0.717, 1.165) is 87.9 Å². The topological polar surface area (TPSA) is 184 Å². The van der Waals surface area contributed by atoms with Crippen LogP contribution in [0.2, 0.25) is 0 Å². The number of benzene rings is 3. The van der Waals surface area contributed by atoms with Crippen molar-refractivity contribution >= 4 is 45.8 Å². The van der Waals surface area contributed by atoms with Gasteiger partial charge in [-0.15, -0.1) is 0 Å². The summed E-state index contributed by atoms with van der Waals surface area (Å²) in [5.74, 6) is 1.28. The summed E-state index contributed by atoms with van der Waals surface area (Å²) in [5.41, 5.74) is 5.69. The van der Waals surface area contributed by atoms with Crippen molar-refractivity contribution in [3.05, 3.63) is 72.4 Å². The molecule has 7 atom stereocenters. The fraction of sp³-hybridized carbons (Fsp3) is 0.455. The number of ether oxygens (including phenoxy) is 3. The molecule has 2 aliphatic heterocycles. The van der Waals surface area contributed by atoms with Gasteiger partial charge in [0.1, 0.15) is 23.7 Å². The van der Waals surface area contributed by atoms with E-state index in [2.05, 4.69) is 69.1 Å². The predicted molar refractivity (Wildman–Crippen MR) is 221 cm³/mol. The third-order valence-corrected chi connectivity index (χ3v) is 12.5. The number of rotatable bonds is 11. The molecule has 59 heavy (non-hydrogen) atoms. The van der Waals surface area contributed by atoms with Gasteiger partial charge in [0.05, 0.1) is 55.3 Å². The molecule has 2 aromatic heterocycles. The average molecular weight is 805 g/mol. The number of nitrogens with zero attached hydrogens (tertiary/aromatic N) is 4. The van der Waals surface area contributed by atoms with Gasteiger partial charge in [0.25, 0.3) is 0 Å². The summed E-state index contributed by atoms with van der Waals surface area (Å²) >= 11 is 0. The number of imidazole rings is 2. The summed E-state index contributed by atoms with van der Waals surface area (Å²) in [6.45, 7) is 6.16. The van der Waals surface area contributed by atoms with E-state index >= 15 is 0 Å². The van der Waals surface area contributed by atoms with Crippen LogP contribution in [-0.4, -0.2) is 106 Å². The number of hydrogen-bond acceptors (Lipinski definition) is 9. The van der Waals surface area contributed by atoms with E-state index in [0.29, 0.717) is 6.54 Å². The van der Waals surface area contributed by atoms with Crippen molar-refractivity contribution in [1.29, 1.82) is 0 Å². The molecule has 1 saturated carbocycles. The van der Waals surface area contributed by atoms with E-state index in [1.807, 2.05) is 35.9 Å². The molecule has 3 aliphatic rings. The minimum absolute atomic E-state index is 0.0682. The summed E-state index contributed by atoms with van der Waals surface area (Å²) in [6, 6.07) is 16.8. The number of hydrogen-bond donors (Lipinski definition) is 4. The molecule has 1 unspecified atom stereocenters. The van der Waals surface area contributed by atoms with Crippen molar-refractivity contribution in [2.75, 3.05) is 27.9 Å². The van der Waals surface area contributed by atoms with Gasteiger partial charge in [-0.1, -0.05) is 56.3 Å². The number of likely N-dealkylation sites (tertiary alicyclic amines) is 2. The van der Waals surface area contributed by atoms with Crippen LogP contribution >= 0.6 is 0 Å². The number of H-pyrrole nitrogens is 2. The maximum atomic E-state index is 14.0. The van der Waals surface area contributed by atoms with E-state index in [4.69, 9.17) is 24.2 Å². The maximum absolute atomic E-state index is 14.0. The molecule has 0 radical (unpaired) electrons. The van der Waals surface area contributed by atoms with Crippen LogP contribution in [0.5, 0.6) is 0 Å². The molecular weight excluding hydrogens is 753 g/mol. The van der Waals surface area contributed by atoms with Crippen molar-refractivity contribution in [2.45, 2.75) is 89.2 Å². The Labute approximate surface area is 342 Å². The lowest BCUT2D eigenvalue weighted by Gasteiger charge is -2.37. The number of methoxy groups -OCH3 is 3. The van der Waals surface area contributed by atoms with Crippen molar-refractivity contribution in [3.8, 4) is 22.4 Å². The van der Waals surface area contributed by atoms with Gasteiger partial charge in [-0.2, -0.15) is 0 Å². The van der Waals surface area contributed by atoms with Crippen molar-refractivity contribution in [2.24, 2.45) is 11.8 Å². The van der Waals surface area contributed by atoms with Crippen LogP contribution < -0.4 is 10.6 Å². The van der Waals surface area contributed by atoms with Crippen LogP contribution in [0.15, 0.2) is 60.8 Å². The molecule has 2 saturated heterocycles. The predicted octanol–water partition coefficient (Wildman–Crippen LogP) is 6.63. The Balaban J connectivity index is 0.997. The van der Waals surface area contributed by atoms with E-state index < -0.39 is 30.4 Å². The highest BCUT2D eigenvalue weighted by molar-refractivity contribution is 6.05. The van der Waals surface area contributed by atoms with Crippen LogP contribution in [0.4, 0.5) is 9.59 Å². The van der Waals surface area contributed by atoms with E-state index in [1.165, 1.54) is 21.3 Å². The van der Waals surface area contributed by atoms with Gasteiger partial charge in [0.15, 0.2) is 0 Å². The lowest BCUT2D eigenvalue weighted by atomic mass is 9.97. The second kappa shape index (κ2) is 16.4. The van der Waals surface area contributed by atoms with Crippen LogP contribution in [0.1, 0.15) is 76.6 Å². The van der Waals surface area contributed by atoms with Crippen molar-refractivity contribution < 1.29 is 33.4 Å². The Morgan fingerprint density at radius 3 is 2.22 bits per heavy atom. The number of aromatic nitrogens is 4. The fourth-order valence-corrected chi connectivity index (χ4v) is 9.35. The van der Waals surface area contributed by atoms with Gasteiger partial charge < -0.3 is 44.6 Å². The van der Waals surface area contributed by atoms with E-state index in [-0.39, 0.29) is 41.8 Å². The highest BCUT2D eigenvalue weighted by atomic mass is 16.5. The summed E-state index contributed by atoms with van der Waals surface area (Å²) in [7, 11) is 4.09. The van der Waals surface area contributed by atoms with Gasteiger partial charge in [0, 0.05) is 25.1 Å². The fourth-order valence-electron chi connectivity index (χ4n) is 9.35. The minimum Gasteiger partial charge on any atom is -0.453 e. The van der Waals surface area contributed by atoms with Crippen LogP contribution in [-0.2, 0) is 23.8 Å². The third-order valence-electron chi connectivity index (χ3n) is 12.5. The second-order valence-corrected chi connectivity index (χ2v) is 16.3.